The van der Waals surface area contributed by atoms with Crippen LogP contribution in [-0.4, -0.2) is 35.7 Å². The lowest BCUT2D eigenvalue weighted by atomic mass is 9.82. The van der Waals surface area contributed by atoms with Crippen LogP contribution in [0.1, 0.15) is 20.3 Å². The van der Waals surface area contributed by atoms with E-state index in [0.717, 1.165) is 13.0 Å². The molecule has 1 N–H and O–H groups in total. The summed E-state index contributed by atoms with van der Waals surface area (Å²) in [5, 5.41) is 8.80. The Balaban J connectivity index is 2.63. The molecule has 1 rings (SSSR count). The van der Waals surface area contributed by atoms with E-state index in [9.17, 15) is 0 Å². The number of hydrogen-bond acceptors (Lipinski definition) is 2. The monoisotopic (exact) mass is 195 g/mol. The van der Waals surface area contributed by atoms with Gasteiger partial charge in [-0.05, 0) is 26.3 Å². The Bertz CT molecular complexity index is 234. The zero-order valence-electron chi connectivity index (χ0n) is 9.40. The second kappa shape index (κ2) is 4.76. The molecule has 0 bridgehead atoms. The summed E-state index contributed by atoms with van der Waals surface area (Å²) < 4.78 is 0. The summed E-state index contributed by atoms with van der Waals surface area (Å²) in [7, 11) is 2.12. The third-order valence-corrected chi connectivity index (χ3v) is 3.34. The second-order valence-corrected chi connectivity index (χ2v) is 4.26. The molecule has 1 aliphatic carbocycles. The maximum atomic E-state index is 8.80. The molecule has 0 amide bonds. The van der Waals surface area contributed by atoms with Crippen LogP contribution < -0.4 is 0 Å². The van der Waals surface area contributed by atoms with Crippen LogP contribution in [0.2, 0.25) is 0 Å². The SMILES string of the molecule is CC1C=CC=CC1(C)N(C)CCCO. The third-order valence-electron chi connectivity index (χ3n) is 3.34. The number of allylic oxidation sites excluding steroid dienone is 2. The predicted octanol–water partition coefficient (Wildman–Crippen LogP) is 1.82. The average Bonchev–Trinajstić information content (AvgIpc) is 2.19. The van der Waals surface area contributed by atoms with E-state index in [-0.39, 0.29) is 12.1 Å². The normalized spacial score (nSPS) is 31.4. The molecule has 0 aromatic carbocycles. The van der Waals surface area contributed by atoms with Gasteiger partial charge in [-0.2, -0.15) is 0 Å². The molecule has 1 aliphatic rings. The van der Waals surface area contributed by atoms with Crippen LogP contribution in [0.15, 0.2) is 24.3 Å². The molecular formula is C12H21NO. The van der Waals surface area contributed by atoms with Gasteiger partial charge in [-0.3, -0.25) is 4.90 Å². The lowest BCUT2D eigenvalue weighted by Crippen LogP contribution is -2.48. The van der Waals surface area contributed by atoms with E-state index >= 15 is 0 Å². The molecule has 2 unspecified atom stereocenters. The lowest BCUT2D eigenvalue weighted by Gasteiger charge is -2.41. The second-order valence-electron chi connectivity index (χ2n) is 4.26. The highest BCUT2D eigenvalue weighted by Gasteiger charge is 2.31. The van der Waals surface area contributed by atoms with Crippen molar-refractivity contribution in [2.24, 2.45) is 5.92 Å². The van der Waals surface area contributed by atoms with E-state index in [4.69, 9.17) is 5.11 Å². The van der Waals surface area contributed by atoms with Crippen LogP contribution in [0.5, 0.6) is 0 Å². The van der Waals surface area contributed by atoms with Crippen molar-refractivity contribution in [1.29, 1.82) is 0 Å². The Kier molecular flexibility index (Phi) is 3.90. The molecule has 0 aliphatic heterocycles. The number of nitrogens with zero attached hydrogens (tertiary/aromatic N) is 1. The molecule has 2 atom stereocenters. The average molecular weight is 195 g/mol. The molecule has 80 valence electrons. The number of aliphatic hydroxyl groups excluding tert-OH is 1. The van der Waals surface area contributed by atoms with E-state index in [1.54, 1.807) is 0 Å². The number of hydrogen-bond donors (Lipinski definition) is 1. The summed E-state index contributed by atoms with van der Waals surface area (Å²) in [4.78, 5) is 2.31. The van der Waals surface area contributed by atoms with Gasteiger partial charge in [-0.15, -0.1) is 0 Å². The van der Waals surface area contributed by atoms with Crippen molar-refractivity contribution in [3.63, 3.8) is 0 Å². The van der Waals surface area contributed by atoms with Gasteiger partial charge >= 0.3 is 0 Å². The molecular weight excluding hydrogens is 174 g/mol. The molecule has 2 heteroatoms. The number of rotatable bonds is 4. The minimum Gasteiger partial charge on any atom is -0.396 e. The molecule has 0 heterocycles. The van der Waals surface area contributed by atoms with Crippen LogP contribution in [0.25, 0.3) is 0 Å². The number of aliphatic hydroxyl groups is 1. The standard InChI is InChI=1S/C12H21NO/c1-11-7-4-5-8-12(11,2)13(3)9-6-10-14/h4-5,7-8,11,14H,6,9-10H2,1-3H3. The highest BCUT2D eigenvalue weighted by atomic mass is 16.3. The minimum absolute atomic E-state index is 0.101. The van der Waals surface area contributed by atoms with Crippen molar-refractivity contribution in [3.05, 3.63) is 24.3 Å². The van der Waals surface area contributed by atoms with Gasteiger partial charge < -0.3 is 5.11 Å². The van der Waals surface area contributed by atoms with Crippen LogP contribution in [0, 0.1) is 5.92 Å². The quantitative estimate of drug-likeness (QED) is 0.739. The van der Waals surface area contributed by atoms with Gasteiger partial charge in [0.15, 0.2) is 0 Å². The fourth-order valence-corrected chi connectivity index (χ4v) is 1.85. The van der Waals surface area contributed by atoms with Gasteiger partial charge in [-0.1, -0.05) is 31.2 Å². The first-order valence-electron chi connectivity index (χ1n) is 5.29. The zero-order valence-corrected chi connectivity index (χ0v) is 9.40. The molecule has 0 spiro atoms. The van der Waals surface area contributed by atoms with Crippen molar-refractivity contribution in [2.75, 3.05) is 20.2 Å². The fourth-order valence-electron chi connectivity index (χ4n) is 1.85. The van der Waals surface area contributed by atoms with Crippen molar-refractivity contribution >= 4 is 0 Å². The Hall–Kier alpha value is -0.600. The molecule has 0 aromatic rings. The first kappa shape index (κ1) is 11.5. The van der Waals surface area contributed by atoms with Gasteiger partial charge in [0.1, 0.15) is 0 Å². The van der Waals surface area contributed by atoms with E-state index in [1.807, 2.05) is 0 Å². The Morgan fingerprint density at radius 3 is 2.71 bits per heavy atom. The summed E-state index contributed by atoms with van der Waals surface area (Å²) in [5.41, 5.74) is 0.101. The highest BCUT2D eigenvalue weighted by Crippen LogP contribution is 2.29. The fraction of sp³-hybridized carbons (Fsp3) is 0.667. The Morgan fingerprint density at radius 2 is 2.14 bits per heavy atom. The van der Waals surface area contributed by atoms with Crippen molar-refractivity contribution in [2.45, 2.75) is 25.8 Å². The Labute approximate surface area is 86.9 Å². The first-order chi connectivity index (χ1) is 6.61. The third kappa shape index (κ3) is 2.25. The molecule has 2 nitrogen and oxygen atoms in total. The summed E-state index contributed by atoms with van der Waals surface area (Å²) >= 11 is 0. The molecule has 0 aromatic heterocycles. The maximum Gasteiger partial charge on any atom is 0.0443 e. The van der Waals surface area contributed by atoms with Crippen LogP contribution in [-0.2, 0) is 0 Å². The van der Waals surface area contributed by atoms with Crippen molar-refractivity contribution in [1.82, 2.24) is 4.90 Å². The van der Waals surface area contributed by atoms with E-state index < -0.39 is 0 Å². The van der Waals surface area contributed by atoms with Gasteiger partial charge in [-0.25, -0.2) is 0 Å². The molecule has 0 saturated heterocycles. The summed E-state index contributed by atoms with van der Waals surface area (Å²) in [6.45, 7) is 5.69. The van der Waals surface area contributed by atoms with E-state index in [2.05, 4.69) is 50.1 Å². The largest absolute Gasteiger partial charge is 0.396 e. The van der Waals surface area contributed by atoms with Gasteiger partial charge in [0.05, 0.1) is 0 Å². The van der Waals surface area contributed by atoms with Crippen molar-refractivity contribution in [3.8, 4) is 0 Å². The molecule has 0 fully saturated rings. The smallest absolute Gasteiger partial charge is 0.0443 e. The highest BCUT2D eigenvalue weighted by molar-refractivity contribution is 5.22. The lowest BCUT2D eigenvalue weighted by molar-refractivity contribution is 0.133. The minimum atomic E-state index is 0.101. The predicted molar refractivity (Wildman–Crippen MR) is 60.2 cm³/mol. The van der Waals surface area contributed by atoms with E-state index in [1.165, 1.54) is 0 Å². The van der Waals surface area contributed by atoms with Gasteiger partial charge in [0, 0.05) is 18.7 Å². The summed E-state index contributed by atoms with van der Waals surface area (Å²) in [6, 6.07) is 0. The van der Waals surface area contributed by atoms with Crippen molar-refractivity contribution < 1.29 is 5.11 Å². The number of likely N-dealkylation sites (N-methyl/N-ethyl adjacent to an activating group) is 1. The van der Waals surface area contributed by atoms with Crippen LogP contribution >= 0.6 is 0 Å². The summed E-state index contributed by atoms with van der Waals surface area (Å²) in [6.07, 6.45) is 9.53. The van der Waals surface area contributed by atoms with Crippen LogP contribution in [0.3, 0.4) is 0 Å². The van der Waals surface area contributed by atoms with Gasteiger partial charge in [0.25, 0.3) is 0 Å². The Morgan fingerprint density at radius 1 is 1.43 bits per heavy atom. The maximum absolute atomic E-state index is 8.80. The topological polar surface area (TPSA) is 23.5 Å². The van der Waals surface area contributed by atoms with Gasteiger partial charge in [0.2, 0.25) is 0 Å². The zero-order chi connectivity index (χ0) is 10.6. The molecule has 14 heavy (non-hydrogen) atoms. The molecule has 0 saturated carbocycles. The van der Waals surface area contributed by atoms with Crippen LogP contribution in [0.4, 0.5) is 0 Å². The summed E-state index contributed by atoms with van der Waals surface area (Å²) in [5.74, 6) is 0.524. The first-order valence-corrected chi connectivity index (χ1v) is 5.29. The molecule has 0 radical (unpaired) electrons. The van der Waals surface area contributed by atoms with E-state index in [0.29, 0.717) is 5.92 Å².